The molecule has 1 aromatic rings. The molecule has 1 saturated carbocycles. The fourth-order valence-corrected chi connectivity index (χ4v) is 5.50. The van der Waals surface area contributed by atoms with Gasteiger partial charge < -0.3 is 5.73 Å². The van der Waals surface area contributed by atoms with Crippen LogP contribution in [0.3, 0.4) is 0 Å². The number of hydrogen-bond acceptors (Lipinski definition) is 5. The van der Waals surface area contributed by atoms with Crippen molar-refractivity contribution in [3.63, 3.8) is 0 Å². The van der Waals surface area contributed by atoms with Gasteiger partial charge in [-0.05, 0) is 39.2 Å². The van der Waals surface area contributed by atoms with Crippen molar-refractivity contribution in [2.45, 2.75) is 49.8 Å². The number of aryl methyl sites for hydroxylation is 2. The zero-order valence-electron chi connectivity index (χ0n) is 11.3. The monoisotopic (exact) mass is 303 g/mol. The molecule has 2 unspecified atom stereocenters. The minimum Gasteiger partial charge on any atom is -0.330 e. The highest BCUT2D eigenvalue weighted by Gasteiger charge is 2.30. The quantitative estimate of drug-likeness (QED) is 0.884. The van der Waals surface area contributed by atoms with E-state index in [2.05, 4.69) is 9.71 Å². The van der Waals surface area contributed by atoms with Crippen molar-refractivity contribution >= 4 is 21.4 Å². The summed E-state index contributed by atoms with van der Waals surface area (Å²) >= 11 is 1.23. The van der Waals surface area contributed by atoms with Gasteiger partial charge in [0.2, 0.25) is 0 Å². The Morgan fingerprint density at radius 2 is 2.05 bits per heavy atom. The van der Waals surface area contributed by atoms with Gasteiger partial charge >= 0.3 is 0 Å². The molecule has 0 spiro atoms. The maximum atomic E-state index is 12.4. The number of hydrogen-bond donors (Lipinski definition) is 2. The lowest BCUT2D eigenvalue weighted by molar-refractivity contribution is 0.296. The van der Waals surface area contributed by atoms with Crippen molar-refractivity contribution in [3.8, 4) is 0 Å². The van der Waals surface area contributed by atoms with Crippen LogP contribution in [0.1, 0.15) is 36.4 Å². The Morgan fingerprint density at radius 3 is 2.63 bits per heavy atom. The van der Waals surface area contributed by atoms with Gasteiger partial charge in [-0.3, -0.25) is 0 Å². The summed E-state index contributed by atoms with van der Waals surface area (Å²) in [6, 6.07) is -0.0365. The van der Waals surface area contributed by atoms with Crippen molar-refractivity contribution in [1.29, 1.82) is 0 Å². The van der Waals surface area contributed by atoms with Gasteiger partial charge in [-0.25, -0.2) is 18.1 Å². The second-order valence-corrected chi connectivity index (χ2v) is 8.23. The lowest BCUT2D eigenvalue weighted by Gasteiger charge is -2.30. The van der Waals surface area contributed by atoms with E-state index in [-0.39, 0.29) is 12.0 Å². The van der Waals surface area contributed by atoms with Crippen molar-refractivity contribution in [2.24, 2.45) is 11.7 Å². The Morgan fingerprint density at radius 1 is 1.37 bits per heavy atom. The molecule has 19 heavy (non-hydrogen) atoms. The normalized spacial score (nSPS) is 24.6. The van der Waals surface area contributed by atoms with Gasteiger partial charge in [0.1, 0.15) is 0 Å². The summed E-state index contributed by atoms with van der Waals surface area (Å²) in [4.78, 5) is 4.18. The molecule has 1 aromatic heterocycles. The molecule has 0 amide bonds. The third kappa shape index (κ3) is 3.34. The number of thiazole rings is 1. The second kappa shape index (κ2) is 5.87. The molecule has 0 saturated heterocycles. The van der Waals surface area contributed by atoms with Gasteiger partial charge in [-0.2, -0.15) is 0 Å². The topological polar surface area (TPSA) is 85.1 Å². The van der Waals surface area contributed by atoms with Crippen LogP contribution in [0.2, 0.25) is 0 Å². The first-order valence-electron chi connectivity index (χ1n) is 6.60. The number of aromatic nitrogens is 1. The largest absolute Gasteiger partial charge is 0.330 e. The van der Waals surface area contributed by atoms with Crippen LogP contribution < -0.4 is 10.5 Å². The molecule has 1 fully saturated rings. The van der Waals surface area contributed by atoms with Gasteiger partial charge in [0, 0.05) is 6.04 Å². The van der Waals surface area contributed by atoms with Crippen LogP contribution >= 0.6 is 11.3 Å². The van der Waals surface area contributed by atoms with Gasteiger partial charge in [0.25, 0.3) is 10.0 Å². The zero-order chi connectivity index (χ0) is 14.0. The van der Waals surface area contributed by atoms with E-state index in [1.165, 1.54) is 11.3 Å². The summed E-state index contributed by atoms with van der Waals surface area (Å²) in [5.41, 5.74) is 6.32. The first kappa shape index (κ1) is 14.9. The Hall–Kier alpha value is -0.500. The zero-order valence-corrected chi connectivity index (χ0v) is 13.0. The molecule has 108 valence electrons. The van der Waals surface area contributed by atoms with E-state index in [1.54, 1.807) is 6.92 Å². The number of nitrogens with one attached hydrogen (secondary N) is 1. The smallest absolute Gasteiger partial charge is 0.252 e. The number of nitrogens with two attached hydrogens (primary N) is 1. The Bertz CT molecular complexity index is 539. The van der Waals surface area contributed by atoms with Gasteiger partial charge in [-0.1, -0.05) is 12.8 Å². The predicted octanol–water partition coefficient (Wildman–Crippen LogP) is 1.56. The molecule has 3 N–H and O–H groups in total. The molecule has 0 aliphatic heterocycles. The third-order valence-corrected chi connectivity index (χ3v) is 6.80. The lowest BCUT2D eigenvalue weighted by Crippen LogP contribution is -2.44. The van der Waals surface area contributed by atoms with Crippen LogP contribution in [-0.2, 0) is 10.0 Å². The van der Waals surface area contributed by atoms with E-state index in [0.717, 1.165) is 30.7 Å². The van der Waals surface area contributed by atoms with Crippen molar-refractivity contribution in [2.75, 3.05) is 6.54 Å². The maximum Gasteiger partial charge on any atom is 0.252 e. The van der Waals surface area contributed by atoms with E-state index in [1.807, 2.05) is 6.92 Å². The van der Waals surface area contributed by atoms with Crippen molar-refractivity contribution < 1.29 is 8.42 Å². The van der Waals surface area contributed by atoms with Gasteiger partial charge in [0.15, 0.2) is 4.21 Å². The van der Waals surface area contributed by atoms with Gasteiger partial charge in [-0.15, -0.1) is 11.3 Å². The Labute approximate surface area is 118 Å². The molecule has 2 rings (SSSR count). The SMILES string of the molecule is Cc1nc(C)c(S(=O)(=O)NC2CCCCC2CN)s1. The van der Waals surface area contributed by atoms with Crippen molar-refractivity contribution in [1.82, 2.24) is 9.71 Å². The summed E-state index contributed by atoms with van der Waals surface area (Å²) in [7, 11) is -3.46. The maximum absolute atomic E-state index is 12.4. The summed E-state index contributed by atoms with van der Waals surface area (Å²) in [6.45, 7) is 4.09. The summed E-state index contributed by atoms with van der Waals surface area (Å²) in [6.07, 6.45) is 4.07. The molecule has 0 aromatic carbocycles. The van der Waals surface area contributed by atoms with Crippen LogP contribution in [0.4, 0.5) is 0 Å². The van der Waals surface area contributed by atoms with Crippen LogP contribution in [0.5, 0.6) is 0 Å². The molecule has 1 aliphatic rings. The predicted molar refractivity (Wildman–Crippen MR) is 76.7 cm³/mol. The first-order valence-corrected chi connectivity index (χ1v) is 8.90. The highest BCUT2D eigenvalue weighted by molar-refractivity contribution is 7.91. The van der Waals surface area contributed by atoms with Gasteiger partial charge in [0.05, 0.1) is 10.7 Å². The number of rotatable bonds is 4. The molecular weight excluding hydrogens is 282 g/mol. The van der Waals surface area contributed by atoms with Crippen LogP contribution in [0, 0.1) is 19.8 Å². The average molecular weight is 303 g/mol. The first-order chi connectivity index (χ1) is 8.94. The molecular formula is C12H21N3O2S2. The van der Waals surface area contributed by atoms with Crippen molar-refractivity contribution in [3.05, 3.63) is 10.7 Å². The molecule has 0 bridgehead atoms. The molecule has 7 heteroatoms. The third-order valence-electron chi connectivity index (χ3n) is 3.62. The lowest BCUT2D eigenvalue weighted by atomic mass is 9.85. The second-order valence-electron chi connectivity index (χ2n) is 5.11. The summed E-state index contributed by atoms with van der Waals surface area (Å²) in [5.74, 6) is 0.248. The van der Waals surface area contributed by atoms with Crippen LogP contribution in [0.25, 0.3) is 0 Å². The highest BCUT2D eigenvalue weighted by Crippen LogP contribution is 2.27. The minimum absolute atomic E-state index is 0.0365. The summed E-state index contributed by atoms with van der Waals surface area (Å²) in [5, 5.41) is 0.775. The fraction of sp³-hybridized carbons (Fsp3) is 0.750. The molecule has 2 atom stereocenters. The Balaban J connectivity index is 2.19. The fourth-order valence-electron chi connectivity index (χ4n) is 2.66. The van der Waals surface area contributed by atoms with E-state index in [4.69, 9.17) is 5.73 Å². The van der Waals surface area contributed by atoms with E-state index in [0.29, 0.717) is 16.4 Å². The minimum atomic E-state index is -3.46. The number of sulfonamides is 1. The molecule has 1 heterocycles. The van der Waals surface area contributed by atoms with E-state index < -0.39 is 10.0 Å². The number of nitrogens with zero attached hydrogens (tertiary/aromatic N) is 1. The van der Waals surface area contributed by atoms with Crippen LogP contribution in [0.15, 0.2) is 4.21 Å². The summed E-state index contributed by atoms with van der Waals surface area (Å²) < 4.78 is 28.0. The van der Waals surface area contributed by atoms with E-state index in [9.17, 15) is 8.42 Å². The van der Waals surface area contributed by atoms with Crippen LogP contribution in [-0.4, -0.2) is 26.0 Å². The standard InChI is InChI=1S/C12H21N3O2S2/c1-8-12(18-9(2)14-8)19(16,17)15-11-6-4-3-5-10(11)7-13/h10-11,15H,3-7,13H2,1-2H3. The Kier molecular flexibility index (Phi) is 4.60. The molecule has 0 radical (unpaired) electrons. The average Bonchev–Trinajstić information content (AvgIpc) is 2.69. The highest BCUT2D eigenvalue weighted by atomic mass is 32.2. The molecule has 1 aliphatic carbocycles. The van der Waals surface area contributed by atoms with E-state index >= 15 is 0 Å². The molecule has 5 nitrogen and oxygen atoms in total.